The molecule has 3 aromatic rings. The lowest BCUT2D eigenvalue weighted by molar-refractivity contribution is -0.132. The smallest absolute Gasteiger partial charge is 0.268 e. The molecule has 0 radical (unpaired) electrons. The Labute approximate surface area is 205 Å². The van der Waals surface area contributed by atoms with E-state index >= 15 is 0 Å². The summed E-state index contributed by atoms with van der Waals surface area (Å²) < 4.78 is 27.4. The lowest BCUT2D eigenvalue weighted by Gasteiger charge is -2.20. The molecule has 2 aliphatic heterocycles. The maximum atomic E-state index is 13.7. The number of pyridine rings is 1. The molecule has 1 fully saturated rings. The van der Waals surface area contributed by atoms with Gasteiger partial charge in [0.15, 0.2) is 5.78 Å². The van der Waals surface area contributed by atoms with E-state index < -0.39 is 30.8 Å². The highest BCUT2D eigenvalue weighted by molar-refractivity contribution is 6.09. The summed E-state index contributed by atoms with van der Waals surface area (Å²) in [6.45, 7) is -0.804. The van der Waals surface area contributed by atoms with E-state index in [9.17, 15) is 23.2 Å². The fourth-order valence-electron chi connectivity index (χ4n) is 4.94. The van der Waals surface area contributed by atoms with E-state index in [4.69, 9.17) is 5.26 Å². The molecular formula is C27H22F2N4O3. The zero-order valence-electron chi connectivity index (χ0n) is 19.3. The molecule has 2 amide bonds. The number of carbonyl (C=O) groups is 3. The van der Waals surface area contributed by atoms with Crippen molar-refractivity contribution in [1.82, 2.24) is 9.88 Å². The largest absolute Gasteiger partial charge is 0.326 e. The molecule has 2 aromatic carbocycles. The van der Waals surface area contributed by atoms with E-state index in [1.165, 1.54) is 6.20 Å². The van der Waals surface area contributed by atoms with Gasteiger partial charge in [-0.2, -0.15) is 5.26 Å². The van der Waals surface area contributed by atoms with Crippen molar-refractivity contribution in [2.45, 2.75) is 44.1 Å². The molecule has 9 heteroatoms. The minimum Gasteiger partial charge on any atom is -0.326 e. The lowest BCUT2D eigenvalue weighted by Crippen LogP contribution is -2.36. The van der Waals surface area contributed by atoms with Crippen molar-refractivity contribution in [3.05, 3.63) is 59.8 Å². The first-order valence-corrected chi connectivity index (χ1v) is 11.7. The molecule has 0 aliphatic carbocycles. The van der Waals surface area contributed by atoms with Gasteiger partial charge in [-0.1, -0.05) is 18.2 Å². The van der Waals surface area contributed by atoms with Crippen molar-refractivity contribution >= 4 is 34.2 Å². The second-order valence-corrected chi connectivity index (χ2v) is 9.12. The summed E-state index contributed by atoms with van der Waals surface area (Å²) in [5, 5.41) is 12.6. The quantitative estimate of drug-likeness (QED) is 0.533. The van der Waals surface area contributed by atoms with Crippen molar-refractivity contribution in [3.63, 3.8) is 0 Å². The number of nitriles is 1. The number of hydrogen-bond acceptors (Lipinski definition) is 5. The predicted molar refractivity (Wildman–Crippen MR) is 128 cm³/mol. The van der Waals surface area contributed by atoms with Crippen molar-refractivity contribution in [2.24, 2.45) is 0 Å². The van der Waals surface area contributed by atoms with Crippen LogP contribution in [0.2, 0.25) is 0 Å². The Morgan fingerprint density at radius 3 is 2.81 bits per heavy atom. The van der Waals surface area contributed by atoms with Crippen LogP contribution in [0.25, 0.3) is 22.0 Å². The van der Waals surface area contributed by atoms with Crippen molar-refractivity contribution in [3.8, 4) is 17.2 Å². The molecule has 36 heavy (non-hydrogen) atoms. The van der Waals surface area contributed by atoms with E-state index in [1.807, 2.05) is 36.4 Å². The zero-order valence-corrected chi connectivity index (χ0v) is 19.3. The normalized spacial score (nSPS) is 18.4. The topological polar surface area (TPSA) is 103 Å². The van der Waals surface area contributed by atoms with E-state index in [-0.39, 0.29) is 24.5 Å². The molecule has 7 nitrogen and oxygen atoms in total. The Hall–Kier alpha value is -4.19. The van der Waals surface area contributed by atoms with E-state index in [2.05, 4.69) is 10.3 Å². The highest BCUT2D eigenvalue weighted by Crippen LogP contribution is 2.35. The van der Waals surface area contributed by atoms with Gasteiger partial charge in [0.1, 0.15) is 6.04 Å². The van der Waals surface area contributed by atoms with Crippen LogP contribution in [0.5, 0.6) is 0 Å². The number of alkyl halides is 2. The van der Waals surface area contributed by atoms with Crippen molar-refractivity contribution < 1.29 is 23.2 Å². The summed E-state index contributed by atoms with van der Waals surface area (Å²) in [6, 6.07) is 13.4. The average Bonchev–Trinajstić information content (AvgIpc) is 3.20. The van der Waals surface area contributed by atoms with Gasteiger partial charge in [-0.3, -0.25) is 19.4 Å². The number of halogens is 2. The number of rotatable bonds is 5. The van der Waals surface area contributed by atoms with Crippen LogP contribution in [-0.2, 0) is 16.0 Å². The summed E-state index contributed by atoms with van der Waals surface area (Å²) >= 11 is 0. The fourth-order valence-corrected chi connectivity index (χ4v) is 4.94. The standard InChI is InChI=1S/C27H22F2N4O3/c28-27(29)13-17(14-30)33(15-27)26(36)9-7-24(34)20-10-11-31-22-6-4-16(12-21(20)22)18-2-1-3-23-19(18)5-8-25(35)32-23/h1-4,6,10-12,17H,5,7-9,13,15H2,(H,32,35)/t17-/m0/s1. The summed E-state index contributed by atoms with van der Waals surface area (Å²) in [5.74, 6) is -4.07. The Balaban J connectivity index is 1.40. The van der Waals surface area contributed by atoms with Crippen LogP contribution < -0.4 is 5.32 Å². The molecule has 5 rings (SSSR count). The van der Waals surface area contributed by atoms with Gasteiger partial charge in [0, 0.05) is 48.5 Å². The molecule has 1 aromatic heterocycles. The molecule has 0 unspecified atom stereocenters. The summed E-state index contributed by atoms with van der Waals surface area (Å²) in [5.41, 5.74) is 4.60. The summed E-state index contributed by atoms with van der Waals surface area (Å²) in [4.78, 5) is 42.7. The van der Waals surface area contributed by atoms with Gasteiger partial charge >= 0.3 is 0 Å². The van der Waals surface area contributed by atoms with Gasteiger partial charge in [-0.05, 0) is 47.4 Å². The van der Waals surface area contributed by atoms with Crippen LogP contribution >= 0.6 is 0 Å². The molecule has 0 saturated carbocycles. The molecular weight excluding hydrogens is 466 g/mol. The van der Waals surface area contributed by atoms with Gasteiger partial charge in [0.2, 0.25) is 11.8 Å². The second-order valence-electron chi connectivity index (χ2n) is 9.12. The Kier molecular flexibility index (Phi) is 5.96. The molecule has 182 valence electrons. The number of Topliss-reactive ketones (excluding diaryl/α,β-unsaturated/α-hetero) is 1. The van der Waals surface area contributed by atoms with E-state index in [0.29, 0.717) is 29.3 Å². The van der Waals surface area contributed by atoms with E-state index in [0.717, 1.165) is 27.3 Å². The molecule has 1 N–H and O–H groups in total. The number of amides is 2. The number of likely N-dealkylation sites (tertiary alicyclic amines) is 1. The highest BCUT2D eigenvalue weighted by Gasteiger charge is 2.47. The molecule has 0 bridgehead atoms. The molecule has 1 saturated heterocycles. The Bertz CT molecular complexity index is 1450. The van der Waals surface area contributed by atoms with Gasteiger partial charge in [0.05, 0.1) is 18.1 Å². The SMILES string of the molecule is N#C[C@@H]1CC(F)(F)CN1C(=O)CCC(=O)c1ccnc2ccc(-c3cccc4c3CCC(=O)N4)cc12. The van der Waals surface area contributed by atoms with Crippen molar-refractivity contribution in [2.75, 3.05) is 11.9 Å². The number of anilines is 1. The predicted octanol–water partition coefficient (Wildman–Crippen LogP) is 4.51. The molecule has 3 heterocycles. The molecule has 2 aliphatic rings. The zero-order chi connectivity index (χ0) is 25.4. The third-order valence-electron chi connectivity index (χ3n) is 6.71. The summed E-state index contributed by atoms with van der Waals surface area (Å²) in [6.07, 6.45) is 1.40. The number of benzene rings is 2. The van der Waals surface area contributed by atoms with Gasteiger partial charge in [0.25, 0.3) is 5.92 Å². The maximum absolute atomic E-state index is 13.7. The number of aromatic nitrogens is 1. The minimum absolute atomic E-state index is 0.0245. The van der Waals surface area contributed by atoms with E-state index in [1.54, 1.807) is 12.1 Å². The first kappa shape index (κ1) is 23.5. The van der Waals surface area contributed by atoms with Crippen LogP contribution in [-0.4, -0.2) is 46.0 Å². The lowest BCUT2D eigenvalue weighted by atomic mass is 9.91. The monoisotopic (exact) mass is 488 g/mol. The van der Waals surface area contributed by atoms with Crippen LogP contribution in [0, 0.1) is 11.3 Å². The highest BCUT2D eigenvalue weighted by atomic mass is 19.3. The Morgan fingerprint density at radius 2 is 2.00 bits per heavy atom. The average molecular weight is 488 g/mol. The number of hydrogen-bond donors (Lipinski definition) is 1. The third-order valence-corrected chi connectivity index (χ3v) is 6.71. The van der Waals surface area contributed by atoms with Crippen LogP contribution in [0.3, 0.4) is 0 Å². The molecule has 1 atom stereocenters. The second kappa shape index (κ2) is 9.11. The molecule has 0 spiro atoms. The Morgan fingerprint density at radius 1 is 1.17 bits per heavy atom. The fraction of sp³-hybridized carbons (Fsp3) is 0.296. The van der Waals surface area contributed by atoms with Crippen LogP contribution in [0.15, 0.2) is 48.7 Å². The first-order chi connectivity index (χ1) is 17.3. The number of ketones is 1. The summed E-state index contributed by atoms with van der Waals surface area (Å²) in [7, 11) is 0. The number of carbonyl (C=O) groups excluding carboxylic acids is 3. The van der Waals surface area contributed by atoms with Crippen molar-refractivity contribution in [1.29, 1.82) is 5.26 Å². The van der Waals surface area contributed by atoms with Crippen LogP contribution in [0.4, 0.5) is 14.5 Å². The number of nitrogens with zero attached hydrogens (tertiary/aromatic N) is 3. The number of nitrogens with one attached hydrogen (secondary N) is 1. The minimum atomic E-state index is -3.10. The van der Waals surface area contributed by atoms with Crippen LogP contribution in [0.1, 0.15) is 41.6 Å². The number of fused-ring (bicyclic) bond motifs is 2. The van der Waals surface area contributed by atoms with Gasteiger partial charge < -0.3 is 10.2 Å². The van der Waals surface area contributed by atoms with Gasteiger partial charge in [-0.25, -0.2) is 8.78 Å². The maximum Gasteiger partial charge on any atom is 0.268 e. The first-order valence-electron chi connectivity index (χ1n) is 11.7. The third kappa shape index (κ3) is 4.42. The van der Waals surface area contributed by atoms with Gasteiger partial charge in [-0.15, -0.1) is 0 Å².